The highest BCUT2D eigenvalue weighted by atomic mass is 35.5. The van der Waals surface area contributed by atoms with Crippen molar-refractivity contribution in [3.8, 4) is 22.5 Å². The fourth-order valence-electron chi connectivity index (χ4n) is 3.76. The van der Waals surface area contributed by atoms with Crippen molar-refractivity contribution in [2.75, 3.05) is 5.32 Å². The first-order valence-electron chi connectivity index (χ1n) is 9.92. The lowest BCUT2D eigenvalue weighted by atomic mass is 10.0. The molecule has 0 saturated heterocycles. The SMILES string of the molecule is Cn1c(C(=O)Nc2ccc(Cl)cc2-c2noc(=O)[nH]2)cc2ccc(-c3ccccc3F)cc21. The van der Waals surface area contributed by atoms with Crippen LogP contribution in [0.4, 0.5) is 10.1 Å². The summed E-state index contributed by atoms with van der Waals surface area (Å²) in [6.45, 7) is 0. The van der Waals surface area contributed by atoms with Crippen molar-refractivity contribution in [2.45, 2.75) is 0 Å². The summed E-state index contributed by atoms with van der Waals surface area (Å²) in [5, 5.41) is 7.75. The zero-order chi connectivity index (χ0) is 23.1. The van der Waals surface area contributed by atoms with Crippen LogP contribution in [0.3, 0.4) is 0 Å². The number of anilines is 1. The quantitative estimate of drug-likeness (QED) is 0.382. The minimum Gasteiger partial charge on any atom is -0.340 e. The Kier molecular flexibility index (Phi) is 5.07. The lowest BCUT2D eigenvalue weighted by molar-refractivity contribution is 0.102. The Morgan fingerprint density at radius 2 is 1.91 bits per heavy atom. The molecule has 0 saturated carbocycles. The third-order valence-electron chi connectivity index (χ3n) is 5.39. The number of aryl methyl sites for hydroxylation is 1. The van der Waals surface area contributed by atoms with Crippen LogP contribution >= 0.6 is 11.6 Å². The number of rotatable bonds is 4. The zero-order valence-electron chi connectivity index (χ0n) is 17.2. The fourth-order valence-corrected chi connectivity index (χ4v) is 3.94. The van der Waals surface area contributed by atoms with E-state index >= 15 is 0 Å². The standard InChI is InChI=1S/C24H16ClFN4O3/c1-30-20-10-13(16-4-2-3-5-18(16)26)6-7-14(20)11-21(30)23(31)27-19-9-8-15(25)12-17(19)22-28-24(32)33-29-22/h2-12H,1H3,(H,27,31)(H,28,29,32). The maximum atomic E-state index is 14.2. The van der Waals surface area contributed by atoms with Gasteiger partial charge >= 0.3 is 5.76 Å². The lowest BCUT2D eigenvalue weighted by Crippen LogP contribution is -2.16. The van der Waals surface area contributed by atoms with Crippen molar-refractivity contribution in [2.24, 2.45) is 7.05 Å². The van der Waals surface area contributed by atoms with Crippen LogP contribution < -0.4 is 11.1 Å². The van der Waals surface area contributed by atoms with Gasteiger partial charge < -0.3 is 9.88 Å². The molecule has 1 amide bonds. The third kappa shape index (κ3) is 3.81. The molecule has 0 spiro atoms. The van der Waals surface area contributed by atoms with E-state index in [2.05, 4.69) is 20.0 Å². The van der Waals surface area contributed by atoms with Crippen LogP contribution in [0, 0.1) is 5.82 Å². The van der Waals surface area contributed by atoms with Gasteiger partial charge in [0.1, 0.15) is 11.5 Å². The summed E-state index contributed by atoms with van der Waals surface area (Å²) in [6.07, 6.45) is 0. The van der Waals surface area contributed by atoms with Crippen LogP contribution in [-0.2, 0) is 7.05 Å². The highest BCUT2D eigenvalue weighted by Crippen LogP contribution is 2.31. The normalized spacial score (nSPS) is 11.1. The lowest BCUT2D eigenvalue weighted by Gasteiger charge is -2.10. The predicted molar refractivity (Wildman–Crippen MR) is 124 cm³/mol. The van der Waals surface area contributed by atoms with Crippen molar-refractivity contribution in [1.29, 1.82) is 0 Å². The Bertz CT molecular complexity index is 1580. The highest BCUT2D eigenvalue weighted by Gasteiger charge is 2.18. The summed E-state index contributed by atoms with van der Waals surface area (Å²) in [5.74, 6) is -1.27. The van der Waals surface area contributed by atoms with E-state index in [0.717, 1.165) is 10.9 Å². The number of amides is 1. The number of nitrogens with zero attached hydrogens (tertiary/aromatic N) is 2. The van der Waals surface area contributed by atoms with Gasteiger partial charge in [-0.05, 0) is 42.0 Å². The number of aromatic amines is 1. The van der Waals surface area contributed by atoms with Gasteiger partial charge in [-0.2, -0.15) is 0 Å². The summed E-state index contributed by atoms with van der Waals surface area (Å²) in [5.41, 5.74) is 3.17. The summed E-state index contributed by atoms with van der Waals surface area (Å²) in [4.78, 5) is 27.0. The molecule has 0 bridgehead atoms. The van der Waals surface area contributed by atoms with E-state index in [4.69, 9.17) is 11.6 Å². The van der Waals surface area contributed by atoms with E-state index in [0.29, 0.717) is 33.1 Å². The molecule has 0 unspecified atom stereocenters. The van der Waals surface area contributed by atoms with Gasteiger partial charge in [-0.15, -0.1) is 0 Å². The van der Waals surface area contributed by atoms with Gasteiger partial charge in [-0.1, -0.05) is 47.1 Å². The number of halogens is 2. The highest BCUT2D eigenvalue weighted by molar-refractivity contribution is 6.31. The van der Waals surface area contributed by atoms with Crippen LogP contribution in [0.2, 0.25) is 5.02 Å². The van der Waals surface area contributed by atoms with Crippen molar-refractivity contribution >= 4 is 34.1 Å². The van der Waals surface area contributed by atoms with E-state index in [1.54, 1.807) is 54.1 Å². The van der Waals surface area contributed by atoms with Crippen molar-refractivity contribution < 1.29 is 13.7 Å². The van der Waals surface area contributed by atoms with Crippen molar-refractivity contribution in [1.82, 2.24) is 14.7 Å². The summed E-state index contributed by atoms with van der Waals surface area (Å²) in [6, 6.07) is 18.6. The van der Waals surface area contributed by atoms with Crippen LogP contribution in [0.15, 0.2) is 76.0 Å². The monoisotopic (exact) mass is 462 g/mol. The molecule has 5 rings (SSSR count). The second-order valence-corrected chi connectivity index (χ2v) is 7.87. The van der Waals surface area contributed by atoms with Crippen molar-refractivity contribution in [3.63, 3.8) is 0 Å². The molecule has 7 nitrogen and oxygen atoms in total. The third-order valence-corrected chi connectivity index (χ3v) is 5.62. The summed E-state index contributed by atoms with van der Waals surface area (Å²) in [7, 11) is 1.76. The summed E-state index contributed by atoms with van der Waals surface area (Å²) < 4.78 is 20.6. The number of fused-ring (bicyclic) bond motifs is 1. The average Bonchev–Trinajstić information content (AvgIpc) is 3.38. The topological polar surface area (TPSA) is 92.9 Å². The molecule has 0 aliphatic carbocycles. The predicted octanol–water partition coefficient (Wildman–Crippen LogP) is 5.23. The molecule has 9 heteroatoms. The van der Waals surface area contributed by atoms with E-state index in [1.165, 1.54) is 6.07 Å². The van der Waals surface area contributed by atoms with E-state index in [-0.39, 0.29) is 17.5 Å². The number of benzene rings is 3. The molecule has 33 heavy (non-hydrogen) atoms. The van der Waals surface area contributed by atoms with Crippen LogP contribution in [-0.4, -0.2) is 20.6 Å². The molecule has 2 aromatic heterocycles. The molecular formula is C24H16ClFN4O3. The van der Waals surface area contributed by atoms with Gasteiger partial charge in [0.05, 0.1) is 5.69 Å². The minimum absolute atomic E-state index is 0.143. The van der Waals surface area contributed by atoms with Gasteiger partial charge in [0, 0.05) is 34.1 Å². The van der Waals surface area contributed by atoms with Gasteiger partial charge in [0.15, 0.2) is 5.82 Å². The molecule has 0 radical (unpaired) electrons. The molecular weight excluding hydrogens is 447 g/mol. The Labute approximate surface area is 191 Å². The van der Waals surface area contributed by atoms with Crippen molar-refractivity contribution in [3.05, 3.63) is 93.8 Å². The van der Waals surface area contributed by atoms with Gasteiger partial charge in [0.25, 0.3) is 5.91 Å². The smallest absolute Gasteiger partial charge is 0.340 e. The number of carbonyl (C=O) groups excluding carboxylic acids is 1. The number of hydrogen-bond acceptors (Lipinski definition) is 4. The molecule has 0 aliphatic rings. The molecule has 0 fully saturated rings. The first-order chi connectivity index (χ1) is 15.9. The minimum atomic E-state index is -0.721. The Morgan fingerprint density at radius 3 is 2.67 bits per heavy atom. The Balaban J connectivity index is 1.52. The molecule has 164 valence electrons. The maximum absolute atomic E-state index is 14.2. The second-order valence-electron chi connectivity index (χ2n) is 7.43. The summed E-state index contributed by atoms with van der Waals surface area (Å²) >= 11 is 6.09. The van der Waals surface area contributed by atoms with Crippen LogP contribution in [0.5, 0.6) is 0 Å². The van der Waals surface area contributed by atoms with Gasteiger partial charge in [0.2, 0.25) is 0 Å². The largest absolute Gasteiger partial charge is 0.439 e. The van der Waals surface area contributed by atoms with Crippen LogP contribution in [0.25, 0.3) is 33.4 Å². The number of aromatic nitrogens is 3. The first kappa shape index (κ1) is 20.7. The number of H-pyrrole nitrogens is 1. The number of carbonyl (C=O) groups is 1. The van der Waals surface area contributed by atoms with Crippen LogP contribution in [0.1, 0.15) is 10.5 Å². The zero-order valence-corrected chi connectivity index (χ0v) is 18.0. The molecule has 2 N–H and O–H groups in total. The molecule has 0 atom stereocenters. The van der Waals surface area contributed by atoms with E-state index < -0.39 is 5.76 Å². The second kappa shape index (κ2) is 8.07. The fraction of sp³-hybridized carbons (Fsp3) is 0.0417. The molecule has 2 heterocycles. The van der Waals surface area contributed by atoms with E-state index in [9.17, 15) is 14.0 Å². The molecule has 5 aromatic rings. The number of nitrogens with one attached hydrogen (secondary N) is 2. The molecule has 3 aromatic carbocycles. The van der Waals surface area contributed by atoms with Gasteiger partial charge in [-0.25, -0.2) is 9.18 Å². The van der Waals surface area contributed by atoms with Gasteiger partial charge in [-0.3, -0.25) is 14.3 Å². The Morgan fingerprint density at radius 1 is 1.09 bits per heavy atom. The Hall–Kier alpha value is -4.17. The molecule has 0 aliphatic heterocycles. The average molecular weight is 463 g/mol. The maximum Gasteiger partial charge on any atom is 0.439 e. The first-order valence-corrected chi connectivity index (χ1v) is 10.3. The number of hydrogen-bond donors (Lipinski definition) is 2. The van der Waals surface area contributed by atoms with E-state index in [1.807, 2.05) is 18.2 Å².